The topological polar surface area (TPSA) is 101 Å². The van der Waals surface area contributed by atoms with Gasteiger partial charge in [0, 0.05) is 18.6 Å². The zero-order chi connectivity index (χ0) is 26.2. The van der Waals surface area contributed by atoms with E-state index < -0.39 is 5.97 Å². The Hall–Kier alpha value is -3.65. The lowest BCUT2D eigenvalue weighted by Gasteiger charge is -2.51. The summed E-state index contributed by atoms with van der Waals surface area (Å²) in [6, 6.07) is 16.0. The van der Waals surface area contributed by atoms with Crippen LogP contribution in [0.25, 0.3) is 22.2 Å². The molecule has 8 nitrogen and oxygen atoms in total. The average molecular weight is 503 g/mol. The van der Waals surface area contributed by atoms with Gasteiger partial charge in [-0.1, -0.05) is 38.1 Å². The van der Waals surface area contributed by atoms with E-state index in [1.807, 2.05) is 41.0 Å². The Morgan fingerprint density at radius 1 is 1.11 bits per heavy atom. The van der Waals surface area contributed by atoms with Gasteiger partial charge < -0.3 is 24.5 Å². The standard InChI is InChI=1S/C29H34N4O4/c1-5-37-27(34)23-24-26(32-22-9-7-6-8-21(22)31-24)33(25(23)30)16-14-29(15-17-36-18-28(29,2)3)19-10-12-20(35-4)13-11-19/h6-13H,5,14-18,30H2,1-4H3/t29-/m1/s1. The summed E-state index contributed by atoms with van der Waals surface area (Å²) in [5.74, 6) is 0.675. The predicted molar refractivity (Wildman–Crippen MR) is 144 cm³/mol. The summed E-state index contributed by atoms with van der Waals surface area (Å²) in [4.78, 5) is 22.6. The van der Waals surface area contributed by atoms with Crippen LogP contribution in [0.2, 0.25) is 0 Å². The van der Waals surface area contributed by atoms with Crippen molar-refractivity contribution in [3.8, 4) is 5.75 Å². The molecule has 194 valence electrons. The number of ether oxygens (including phenoxy) is 3. The highest BCUT2D eigenvalue weighted by Gasteiger charge is 2.48. The number of benzene rings is 2. The fourth-order valence-electron chi connectivity index (χ4n) is 5.75. The molecule has 1 aliphatic rings. The van der Waals surface area contributed by atoms with Gasteiger partial charge >= 0.3 is 5.97 Å². The van der Waals surface area contributed by atoms with Crippen LogP contribution in [0.5, 0.6) is 5.75 Å². The Morgan fingerprint density at radius 3 is 2.46 bits per heavy atom. The van der Waals surface area contributed by atoms with Crippen molar-refractivity contribution < 1.29 is 19.0 Å². The minimum atomic E-state index is -0.482. The number of methoxy groups -OCH3 is 1. The number of carbonyl (C=O) groups excluding carboxylic acids is 1. The van der Waals surface area contributed by atoms with Crippen molar-refractivity contribution in [2.45, 2.75) is 45.6 Å². The van der Waals surface area contributed by atoms with E-state index in [0.717, 1.165) is 24.1 Å². The van der Waals surface area contributed by atoms with Crippen molar-refractivity contribution in [2.24, 2.45) is 5.41 Å². The molecule has 5 rings (SSSR count). The molecule has 0 aliphatic carbocycles. The van der Waals surface area contributed by atoms with Crippen LogP contribution in [0.1, 0.15) is 49.5 Å². The second kappa shape index (κ2) is 9.67. The number of anilines is 1. The molecule has 8 heteroatoms. The van der Waals surface area contributed by atoms with Crippen LogP contribution in [0, 0.1) is 5.41 Å². The van der Waals surface area contributed by atoms with E-state index in [9.17, 15) is 4.79 Å². The summed E-state index contributed by atoms with van der Waals surface area (Å²) in [6.45, 7) is 8.43. The number of rotatable bonds is 7. The van der Waals surface area contributed by atoms with Crippen LogP contribution >= 0.6 is 0 Å². The van der Waals surface area contributed by atoms with E-state index in [1.54, 1.807) is 14.0 Å². The van der Waals surface area contributed by atoms with Crippen molar-refractivity contribution in [3.05, 3.63) is 59.7 Å². The lowest BCUT2D eigenvalue weighted by molar-refractivity contribution is -0.0568. The molecule has 2 aromatic heterocycles. The summed E-state index contributed by atoms with van der Waals surface area (Å²) in [5.41, 5.74) is 10.4. The van der Waals surface area contributed by atoms with Crippen molar-refractivity contribution in [1.82, 2.24) is 14.5 Å². The smallest absolute Gasteiger partial charge is 0.344 e. The van der Waals surface area contributed by atoms with E-state index in [-0.39, 0.29) is 23.0 Å². The highest BCUT2D eigenvalue weighted by molar-refractivity contribution is 6.08. The molecular weight excluding hydrogens is 468 g/mol. The molecule has 3 heterocycles. The first-order valence-corrected chi connectivity index (χ1v) is 12.7. The Bertz CT molecular complexity index is 1440. The third-order valence-electron chi connectivity index (χ3n) is 7.91. The Kier molecular flexibility index (Phi) is 6.54. The molecule has 37 heavy (non-hydrogen) atoms. The second-order valence-corrected chi connectivity index (χ2v) is 10.3. The lowest BCUT2D eigenvalue weighted by atomic mass is 9.57. The molecule has 1 saturated heterocycles. The van der Waals surface area contributed by atoms with Crippen LogP contribution in [0.15, 0.2) is 48.5 Å². The maximum absolute atomic E-state index is 13.0. The van der Waals surface area contributed by atoms with Crippen molar-refractivity contribution in [3.63, 3.8) is 0 Å². The van der Waals surface area contributed by atoms with Gasteiger partial charge in [0.2, 0.25) is 0 Å². The van der Waals surface area contributed by atoms with Crippen LogP contribution in [0.3, 0.4) is 0 Å². The molecule has 0 radical (unpaired) electrons. The molecule has 2 aromatic carbocycles. The normalized spacial score (nSPS) is 19.2. The molecule has 1 aliphatic heterocycles. The highest BCUT2D eigenvalue weighted by atomic mass is 16.5. The molecule has 0 unspecified atom stereocenters. The number of para-hydroxylation sites is 2. The number of nitrogens with two attached hydrogens (primary N) is 1. The van der Waals surface area contributed by atoms with Crippen LogP contribution in [-0.4, -0.2) is 47.4 Å². The van der Waals surface area contributed by atoms with Crippen LogP contribution in [-0.2, 0) is 21.4 Å². The van der Waals surface area contributed by atoms with E-state index in [1.165, 1.54) is 5.56 Å². The maximum Gasteiger partial charge on any atom is 0.344 e. The molecule has 4 aromatic rings. The first-order valence-electron chi connectivity index (χ1n) is 12.7. The molecule has 0 spiro atoms. The van der Waals surface area contributed by atoms with Crippen molar-refractivity contribution >= 4 is 34.0 Å². The van der Waals surface area contributed by atoms with E-state index in [0.29, 0.717) is 42.3 Å². The summed E-state index contributed by atoms with van der Waals surface area (Å²) in [7, 11) is 1.68. The quantitative estimate of drug-likeness (QED) is 0.350. The Labute approximate surface area is 216 Å². The lowest BCUT2D eigenvalue weighted by Crippen LogP contribution is -2.50. The monoisotopic (exact) mass is 502 g/mol. The average Bonchev–Trinajstić information content (AvgIpc) is 3.16. The predicted octanol–water partition coefficient (Wildman–Crippen LogP) is 5.13. The molecular formula is C29H34N4O4. The molecule has 1 fully saturated rings. The SMILES string of the molecule is CCOC(=O)c1c(N)n(CC[C@]2(c3ccc(OC)cc3)CCOCC2(C)C)c2nc3ccccc3nc12. The number of fused-ring (bicyclic) bond motifs is 2. The molecule has 2 N–H and O–H groups in total. The molecule has 0 saturated carbocycles. The first-order chi connectivity index (χ1) is 17.8. The highest BCUT2D eigenvalue weighted by Crippen LogP contribution is 2.50. The summed E-state index contributed by atoms with van der Waals surface area (Å²) in [6.07, 6.45) is 1.64. The van der Waals surface area contributed by atoms with Gasteiger partial charge in [-0.05, 0) is 55.0 Å². The largest absolute Gasteiger partial charge is 0.497 e. The summed E-state index contributed by atoms with van der Waals surface area (Å²) in [5, 5.41) is 0. The van der Waals surface area contributed by atoms with Gasteiger partial charge in [-0.3, -0.25) is 0 Å². The van der Waals surface area contributed by atoms with Crippen molar-refractivity contribution in [1.29, 1.82) is 0 Å². The van der Waals surface area contributed by atoms with E-state index >= 15 is 0 Å². The Morgan fingerprint density at radius 2 is 1.81 bits per heavy atom. The van der Waals surface area contributed by atoms with Gasteiger partial charge in [-0.15, -0.1) is 0 Å². The number of nitrogens with zero attached hydrogens (tertiary/aromatic N) is 3. The van der Waals surface area contributed by atoms with Gasteiger partial charge in [0.05, 0.1) is 31.4 Å². The van der Waals surface area contributed by atoms with Gasteiger partial charge in [-0.25, -0.2) is 14.8 Å². The number of aryl methyl sites for hydroxylation is 1. The minimum Gasteiger partial charge on any atom is -0.497 e. The third-order valence-corrected chi connectivity index (χ3v) is 7.91. The van der Waals surface area contributed by atoms with Gasteiger partial charge in [0.25, 0.3) is 0 Å². The minimum absolute atomic E-state index is 0.139. The van der Waals surface area contributed by atoms with Gasteiger partial charge in [0.1, 0.15) is 22.6 Å². The van der Waals surface area contributed by atoms with Crippen LogP contribution in [0.4, 0.5) is 5.82 Å². The first kappa shape index (κ1) is 25.0. The van der Waals surface area contributed by atoms with Crippen LogP contribution < -0.4 is 10.5 Å². The summed E-state index contributed by atoms with van der Waals surface area (Å²) >= 11 is 0. The van der Waals surface area contributed by atoms with E-state index in [2.05, 4.69) is 26.0 Å². The molecule has 1 atom stereocenters. The summed E-state index contributed by atoms with van der Waals surface area (Å²) < 4.78 is 18.6. The van der Waals surface area contributed by atoms with Crippen molar-refractivity contribution in [2.75, 3.05) is 32.7 Å². The third kappa shape index (κ3) is 4.19. The number of aromatic nitrogens is 3. The van der Waals surface area contributed by atoms with Gasteiger partial charge in [-0.2, -0.15) is 0 Å². The fraction of sp³-hybridized carbons (Fsp3) is 0.414. The zero-order valence-corrected chi connectivity index (χ0v) is 21.9. The maximum atomic E-state index is 13.0. The second-order valence-electron chi connectivity index (χ2n) is 10.3. The fourth-order valence-corrected chi connectivity index (χ4v) is 5.75. The number of nitrogen functional groups attached to an aromatic ring is 1. The van der Waals surface area contributed by atoms with Gasteiger partial charge in [0.15, 0.2) is 5.65 Å². The Balaban J connectivity index is 1.63. The number of hydrogen-bond acceptors (Lipinski definition) is 7. The number of esters is 1. The number of hydrogen-bond donors (Lipinski definition) is 1. The molecule has 0 bridgehead atoms. The zero-order valence-electron chi connectivity index (χ0n) is 21.9. The molecule has 0 amide bonds. The van der Waals surface area contributed by atoms with E-state index in [4.69, 9.17) is 29.9 Å². The number of carbonyl (C=O) groups is 1.